The molecular formula is C23H19NO4. The summed E-state index contributed by atoms with van der Waals surface area (Å²) in [6, 6.07) is 22.5. The number of esters is 1. The van der Waals surface area contributed by atoms with E-state index in [9.17, 15) is 14.4 Å². The van der Waals surface area contributed by atoms with Crippen molar-refractivity contribution < 1.29 is 19.1 Å². The van der Waals surface area contributed by atoms with E-state index < -0.39 is 18.5 Å². The van der Waals surface area contributed by atoms with E-state index in [1.54, 1.807) is 66.7 Å². The third-order valence-electron chi connectivity index (χ3n) is 4.07. The zero-order valence-electron chi connectivity index (χ0n) is 15.3. The fourth-order valence-electron chi connectivity index (χ4n) is 2.71. The molecule has 3 aromatic carbocycles. The number of hydrogen-bond donors (Lipinski definition) is 1. The van der Waals surface area contributed by atoms with Gasteiger partial charge in [-0.3, -0.25) is 9.59 Å². The van der Waals surface area contributed by atoms with Crippen molar-refractivity contribution in [2.75, 3.05) is 11.9 Å². The lowest BCUT2D eigenvalue weighted by molar-refractivity contribution is -0.119. The van der Waals surface area contributed by atoms with Gasteiger partial charge in [0, 0.05) is 11.1 Å². The van der Waals surface area contributed by atoms with Crippen LogP contribution in [0.15, 0.2) is 78.9 Å². The monoisotopic (exact) mass is 373 g/mol. The Morgan fingerprint density at radius 3 is 2.25 bits per heavy atom. The van der Waals surface area contributed by atoms with Gasteiger partial charge in [-0.25, -0.2) is 4.79 Å². The van der Waals surface area contributed by atoms with E-state index in [0.29, 0.717) is 22.4 Å². The van der Waals surface area contributed by atoms with E-state index in [0.717, 1.165) is 5.56 Å². The molecule has 0 fully saturated rings. The van der Waals surface area contributed by atoms with Crippen LogP contribution in [0, 0.1) is 6.92 Å². The Balaban J connectivity index is 1.66. The van der Waals surface area contributed by atoms with E-state index >= 15 is 0 Å². The lowest BCUT2D eigenvalue weighted by atomic mass is 10.0. The Kier molecular flexibility index (Phi) is 5.97. The van der Waals surface area contributed by atoms with Gasteiger partial charge < -0.3 is 10.1 Å². The molecule has 1 amide bonds. The first-order chi connectivity index (χ1) is 13.5. The zero-order valence-corrected chi connectivity index (χ0v) is 15.3. The van der Waals surface area contributed by atoms with E-state index in [-0.39, 0.29) is 5.78 Å². The molecule has 0 aliphatic heterocycles. The van der Waals surface area contributed by atoms with Crippen LogP contribution >= 0.6 is 0 Å². The van der Waals surface area contributed by atoms with Crippen LogP contribution in [0.3, 0.4) is 0 Å². The summed E-state index contributed by atoms with van der Waals surface area (Å²) in [5, 5.41) is 2.64. The zero-order chi connectivity index (χ0) is 19.9. The van der Waals surface area contributed by atoms with Gasteiger partial charge in [0.15, 0.2) is 12.4 Å². The molecule has 28 heavy (non-hydrogen) atoms. The van der Waals surface area contributed by atoms with Gasteiger partial charge in [-0.1, -0.05) is 60.2 Å². The van der Waals surface area contributed by atoms with E-state index in [2.05, 4.69) is 5.32 Å². The number of rotatable bonds is 6. The molecule has 0 radical (unpaired) electrons. The number of amides is 1. The highest BCUT2D eigenvalue weighted by Crippen LogP contribution is 2.19. The summed E-state index contributed by atoms with van der Waals surface area (Å²) in [6.45, 7) is 1.42. The maximum Gasteiger partial charge on any atom is 0.338 e. The second-order valence-electron chi connectivity index (χ2n) is 6.23. The summed E-state index contributed by atoms with van der Waals surface area (Å²) in [5.41, 5.74) is 2.56. The standard InChI is InChI=1S/C23H19NO4/c1-16-8-7-11-18(14-16)23(27)28-15-21(25)24-20-13-6-5-12-19(20)22(26)17-9-3-2-4-10-17/h2-14H,15H2,1H3,(H,24,25). The number of ketones is 1. The number of ether oxygens (including phenoxy) is 1. The van der Waals surface area contributed by atoms with Crippen molar-refractivity contribution in [3.8, 4) is 0 Å². The third-order valence-corrected chi connectivity index (χ3v) is 4.07. The van der Waals surface area contributed by atoms with E-state index in [4.69, 9.17) is 4.74 Å². The number of aryl methyl sites for hydroxylation is 1. The van der Waals surface area contributed by atoms with Gasteiger partial charge in [-0.05, 0) is 31.2 Å². The van der Waals surface area contributed by atoms with Crippen molar-refractivity contribution in [1.82, 2.24) is 0 Å². The van der Waals surface area contributed by atoms with Crippen LogP contribution in [0.2, 0.25) is 0 Å². The lowest BCUT2D eigenvalue weighted by Gasteiger charge is -2.11. The molecule has 0 aliphatic carbocycles. The van der Waals surface area contributed by atoms with Gasteiger partial charge in [0.1, 0.15) is 0 Å². The fourth-order valence-corrected chi connectivity index (χ4v) is 2.71. The van der Waals surface area contributed by atoms with Crippen molar-refractivity contribution in [2.45, 2.75) is 6.92 Å². The highest BCUT2D eigenvalue weighted by Gasteiger charge is 2.16. The van der Waals surface area contributed by atoms with Crippen molar-refractivity contribution >= 4 is 23.3 Å². The Morgan fingerprint density at radius 2 is 1.50 bits per heavy atom. The highest BCUT2D eigenvalue weighted by molar-refractivity contribution is 6.13. The minimum Gasteiger partial charge on any atom is -0.452 e. The number of carbonyl (C=O) groups is 3. The average Bonchev–Trinajstić information content (AvgIpc) is 2.72. The normalized spacial score (nSPS) is 10.2. The molecule has 0 aromatic heterocycles. The quantitative estimate of drug-likeness (QED) is 0.523. The number of anilines is 1. The molecule has 0 saturated heterocycles. The third kappa shape index (κ3) is 4.71. The van der Waals surface area contributed by atoms with Crippen LogP contribution in [0.1, 0.15) is 31.8 Å². The molecule has 3 aromatic rings. The van der Waals surface area contributed by atoms with E-state index in [1.165, 1.54) is 0 Å². The number of benzene rings is 3. The summed E-state index contributed by atoms with van der Waals surface area (Å²) in [4.78, 5) is 37.0. The molecule has 0 heterocycles. The molecule has 3 rings (SSSR count). The van der Waals surface area contributed by atoms with Gasteiger partial charge >= 0.3 is 5.97 Å². The molecule has 5 heteroatoms. The first-order valence-electron chi connectivity index (χ1n) is 8.77. The minimum atomic E-state index is -0.576. The maximum atomic E-state index is 12.7. The number of para-hydroxylation sites is 1. The number of nitrogens with one attached hydrogen (secondary N) is 1. The van der Waals surface area contributed by atoms with Gasteiger partial charge in [-0.15, -0.1) is 0 Å². The predicted molar refractivity (Wildman–Crippen MR) is 106 cm³/mol. The first kappa shape index (κ1) is 19.0. The first-order valence-corrected chi connectivity index (χ1v) is 8.77. The summed E-state index contributed by atoms with van der Waals surface area (Å²) in [7, 11) is 0. The Labute approximate surface area is 163 Å². The Bertz CT molecular complexity index is 1010. The largest absolute Gasteiger partial charge is 0.452 e. The van der Waals surface area contributed by atoms with Gasteiger partial charge in [0.2, 0.25) is 0 Å². The predicted octanol–water partition coefficient (Wildman–Crippen LogP) is 4.02. The summed E-state index contributed by atoms with van der Waals surface area (Å²) < 4.78 is 5.07. The number of carbonyl (C=O) groups excluding carboxylic acids is 3. The van der Waals surface area contributed by atoms with Crippen LogP contribution in [-0.2, 0) is 9.53 Å². The molecule has 0 unspecified atom stereocenters. The number of hydrogen-bond acceptors (Lipinski definition) is 4. The SMILES string of the molecule is Cc1cccc(C(=O)OCC(=O)Nc2ccccc2C(=O)c2ccccc2)c1. The van der Waals surface area contributed by atoms with Crippen molar-refractivity contribution in [3.63, 3.8) is 0 Å². The van der Waals surface area contributed by atoms with E-state index in [1.807, 2.05) is 19.1 Å². The molecule has 140 valence electrons. The molecular weight excluding hydrogens is 354 g/mol. The fraction of sp³-hybridized carbons (Fsp3) is 0.0870. The van der Waals surface area contributed by atoms with Gasteiger partial charge in [-0.2, -0.15) is 0 Å². The topological polar surface area (TPSA) is 72.5 Å². The smallest absolute Gasteiger partial charge is 0.338 e. The minimum absolute atomic E-state index is 0.201. The van der Waals surface area contributed by atoms with Gasteiger partial charge in [0.25, 0.3) is 5.91 Å². The van der Waals surface area contributed by atoms with Crippen LogP contribution in [0.5, 0.6) is 0 Å². The van der Waals surface area contributed by atoms with Gasteiger partial charge in [0.05, 0.1) is 11.3 Å². The molecule has 0 atom stereocenters. The summed E-state index contributed by atoms with van der Waals surface area (Å²) in [5.74, 6) is -1.30. The second-order valence-corrected chi connectivity index (χ2v) is 6.23. The second kappa shape index (κ2) is 8.77. The van der Waals surface area contributed by atoms with Crippen molar-refractivity contribution in [3.05, 3.63) is 101 Å². The molecule has 0 bridgehead atoms. The molecule has 1 N–H and O–H groups in total. The molecule has 0 spiro atoms. The average molecular weight is 373 g/mol. The lowest BCUT2D eigenvalue weighted by Crippen LogP contribution is -2.22. The summed E-state index contributed by atoms with van der Waals surface area (Å²) >= 11 is 0. The van der Waals surface area contributed by atoms with Crippen molar-refractivity contribution in [2.24, 2.45) is 0 Å². The highest BCUT2D eigenvalue weighted by atomic mass is 16.5. The molecule has 0 aliphatic rings. The van der Waals surface area contributed by atoms with Crippen LogP contribution in [0.4, 0.5) is 5.69 Å². The molecule has 0 saturated carbocycles. The summed E-state index contributed by atoms with van der Waals surface area (Å²) in [6.07, 6.45) is 0. The Morgan fingerprint density at radius 1 is 0.821 bits per heavy atom. The van der Waals surface area contributed by atoms with Crippen LogP contribution in [0.25, 0.3) is 0 Å². The van der Waals surface area contributed by atoms with Crippen LogP contribution < -0.4 is 5.32 Å². The Hall–Kier alpha value is -3.73. The van der Waals surface area contributed by atoms with Crippen LogP contribution in [-0.4, -0.2) is 24.3 Å². The maximum absolute atomic E-state index is 12.7. The van der Waals surface area contributed by atoms with Crippen molar-refractivity contribution in [1.29, 1.82) is 0 Å². The molecule has 5 nitrogen and oxygen atoms in total.